The van der Waals surface area contributed by atoms with Crippen LogP contribution in [0.15, 0.2) is 23.0 Å². The van der Waals surface area contributed by atoms with Crippen LogP contribution in [-0.2, 0) is 0 Å². The molecule has 0 aliphatic rings. The first kappa shape index (κ1) is 12.1. The highest BCUT2D eigenvalue weighted by Gasteiger charge is 2.18. The molecule has 0 unspecified atom stereocenters. The number of alkyl halides is 1. The van der Waals surface area contributed by atoms with Gasteiger partial charge < -0.3 is 0 Å². The Kier molecular flexibility index (Phi) is 5.03. The Balaban J connectivity index is 4.40. The first-order valence-corrected chi connectivity index (χ1v) is 6.82. The van der Waals surface area contributed by atoms with E-state index in [0.29, 0.717) is 0 Å². The van der Waals surface area contributed by atoms with Gasteiger partial charge in [0, 0.05) is 5.88 Å². The van der Waals surface area contributed by atoms with Gasteiger partial charge in [0.1, 0.15) is 0 Å². The van der Waals surface area contributed by atoms with E-state index in [9.17, 15) is 0 Å². The highest BCUT2D eigenvalue weighted by molar-refractivity contribution is 8.39. The fourth-order valence-corrected chi connectivity index (χ4v) is 3.29. The van der Waals surface area contributed by atoms with Crippen LogP contribution in [0.2, 0.25) is 0 Å². The smallest absolute Gasteiger partial charge is 0.0230 e. The van der Waals surface area contributed by atoms with E-state index in [-0.39, 0.29) is 0 Å². The molecule has 0 saturated heterocycles. The molecule has 0 atom stereocenters. The van der Waals surface area contributed by atoms with Crippen LogP contribution in [-0.4, -0.2) is 17.9 Å². The molecule has 0 spiro atoms. The first-order valence-electron chi connectivity index (χ1n) is 4.08. The quantitative estimate of drug-likeness (QED) is 0.594. The molecule has 0 aliphatic carbocycles. The molecule has 0 saturated carbocycles. The fraction of sp³-hybridized carbons (Fsp3) is 0.600. The first-order chi connectivity index (χ1) is 5.45. The minimum Gasteiger partial charge on any atom is -0.200 e. The van der Waals surface area contributed by atoms with Crippen LogP contribution in [0.5, 0.6) is 0 Å². The Hall–Kier alpha value is 0.120. The zero-order valence-corrected chi connectivity index (χ0v) is 9.89. The maximum Gasteiger partial charge on any atom is 0.0230 e. The summed E-state index contributed by atoms with van der Waals surface area (Å²) in [5.41, 5.74) is 0. The van der Waals surface area contributed by atoms with Gasteiger partial charge in [-0.2, -0.15) is 10.0 Å². The lowest BCUT2D eigenvalue weighted by atomic mass is 10.6. The molecule has 0 radical (unpaired) electrons. The van der Waals surface area contributed by atoms with Crippen molar-refractivity contribution in [3.8, 4) is 0 Å². The van der Waals surface area contributed by atoms with Crippen molar-refractivity contribution in [1.82, 2.24) is 0 Å². The normalized spacial score (nSPS) is 12.7. The zero-order chi connectivity index (χ0) is 9.78. The monoisotopic (exact) mass is 206 g/mol. The van der Waals surface area contributed by atoms with E-state index in [2.05, 4.69) is 33.3 Å². The van der Waals surface area contributed by atoms with Crippen molar-refractivity contribution in [2.75, 3.05) is 17.9 Å². The Morgan fingerprint density at radius 3 is 1.92 bits per heavy atom. The minimum absolute atomic E-state index is 0.739. The average Bonchev–Trinajstić information content (AvgIpc) is 1.99. The van der Waals surface area contributed by atoms with Gasteiger partial charge in [-0.15, -0.1) is 11.6 Å². The van der Waals surface area contributed by atoms with Crippen molar-refractivity contribution in [1.29, 1.82) is 0 Å². The Morgan fingerprint density at radius 1 is 1.25 bits per heavy atom. The van der Waals surface area contributed by atoms with Crippen LogP contribution >= 0.6 is 21.6 Å². The van der Waals surface area contributed by atoms with E-state index in [1.54, 1.807) is 0 Å². The number of allylic oxidation sites excluding steroid dienone is 2. The second-order valence-electron chi connectivity index (χ2n) is 3.24. The molecular weight excluding hydrogens is 188 g/mol. The third kappa shape index (κ3) is 2.87. The molecule has 0 bridgehead atoms. The Labute approximate surface area is 83.0 Å². The van der Waals surface area contributed by atoms with Gasteiger partial charge in [0.15, 0.2) is 0 Å². The summed E-state index contributed by atoms with van der Waals surface area (Å²) < 4.78 is 0. The van der Waals surface area contributed by atoms with E-state index in [1.807, 2.05) is 0 Å². The van der Waals surface area contributed by atoms with Crippen molar-refractivity contribution >= 4 is 21.6 Å². The number of rotatable bonds is 5. The molecule has 0 aromatic heterocycles. The van der Waals surface area contributed by atoms with Crippen LogP contribution < -0.4 is 0 Å². The molecule has 0 aromatic rings. The van der Waals surface area contributed by atoms with Crippen molar-refractivity contribution < 1.29 is 0 Å². The largest absolute Gasteiger partial charge is 0.200 e. The Bertz CT molecular complexity index is 170. The second-order valence-corrected chi connectivity index (χ2v) is 7.59. The number of hydrogen-bond acceptors (Lipinski definition) is 0. The lowest BCUT2D eigenvalue weighted by Crippen LogP contribution is -2.05. The third-order valence-electron chi connectivity index (χ3n) is 2.22. The van der Waals surface area contributed by atoms with Gasteiger partial charge in [0.2, 0.25) is 0 Å². The molecule has 2 heteroatoms. The molecule has 0 nitrogen and oxygen atoms in total. The third-order valence-corrected chi connectivity index (χ3v) is 6.67. The molecule has 0 rings (SSSR count). The van der Waals surface area contributed by atoms with Crippen LogP contribution in [0, 0.1) is 0 Å². The van der Waals surface area contributed by atoms with Crippen LogP contribution in [0.4, 0.5) is 0 Å². The standard InChI is InChI=1S/C10H19ClS/c1-9(2)12(5,10(3)4)8-6-7-11/h1,3,6-8H2,2,4-5H3. The lowest BCUT2D eigenvalue weighted by Gasteiger charge is -2.37. The zero-order valence-electron chi connectivity index (χ0n) is 8.32. The molecule has 0 fully saturated rings. The van der Waals surface area contributed by atoms with Crippen LogP contribution in [0.25, 0.3) is 0 Å². The molecule has 0 N–H and O–H groups in total. The van der Waals surface area contributed by atoms with E-state index < -0.39 is 10.0 Å². The highest BCUT2D eigenvalue weighted by atomic mass is 35.5. The lowest BCUT2D eigenvalue weighted by molar-refractivity contribution is 1.11. The molecular formula is C10H19ClS. The van der Waals surface area contributed by atoms with Crippen molar-refractivity contribution in [2.24, 2.45) is 0 Å². The average molecular weight is 207 g/mol. The van der Waals surface area contributed by atoms with Gasteiger partial charge in [0.25, 0.3) is 0 Å². The second kappa shape index (κ2) is 4.98. The van der Waals surface area contributed by atoms with Gasteiger partial charge in [-0.25, -0.2) is 0 Å². The number of hydrogen-bond donors (Lipinski definition) is 0. The SMILES string of the molecule is C=C(C)S(C)(CCCCl)C(=C)C. The molecule has 0 amide bonds. The van der Waals surface area contributed by atoms with E-state index in [0.717, 1.165) is 18.1 Å². The molecule has 72 valence electrons. The summed E-state index contributed by atoms with van der Waals surface area (Å²) in [6.07, 6.45) is 3.33. The van der Waals surface area contributed by atoms with Gasteiger partial charge in [-0.05, 0) is 42.1 Å². The topological polar surface area (TPSA) is 0 Å². The summed E-state index contributed by atoms with van der Waals surface area (Å²) >= 11 is 5.67. The van der Waals surface area contributed by atoms with Crippen LogP contribution in [0.1, 0.15) is 20.3 Å². The van der Waals surface area contributed by atoms with Gasteiger partial charge in [0.05, 0.1) is 0 Å². The summed E-state index contributed by atoms with van der Waals surface area (Å²) in [6, 6.07) is 0. The van der Waals surface area contributed by atoms with Crippen LogP contribution in [0.3, 0.4) is 0 Å². The summed E-state index contributed by atoms with van der Waals surface area (Å²) in [4.78, 5) is 2.53. The predicted molar refractivity (Wildman–Crippen MR) is 63.3 cm³/mol. The molecule has 0 aromatic carbocycles. The minimum atomic E-state index is -0.808. The maximum atomic E-state index is 5.67. The van der Waals surface area contributed by atoms with Gasteiger partial charge in [-0.1, -0.05) is 13.2 Å². The summed E-state index contributed by atoms with van der Waals surface area (Å²) in [7, 11) is -0.808. The summed E-state index contributed by atoms with van der Waals surface area (Å²) in [5.74, 6) is 1.88. The predicted octanol–water partition coefficient (Wildman–Crippen LogP) is 4.12. The molecule has 12 heavy (non-hydrogen) atoms. The molecule has 0 heterocycles. The van der Waals surface area contributed by atoms with E-state index in [1.165, 1.54) is 9.81 Å². The fourth-order valence-electron chi connectivity index (χ4n) is 0.989. The Morgan fingerprint density at radius 2 is 1.67 bits per heavy atom. The maximum absolute atomic E-state index is 5.67. The van der Waals surface area contributed by atoms with Gasteiger partial charge in [-0.3, -0.25) is 0 Å². The van der Waals surface area contributed by atoms with Crippen molar-refractivity contribution in [3.05, 3.63) is 23.0 Å². The van der Waals surface area contributed by atoms with Gasteiger partial charge >= 0.3 is 0 Å². The number of halogens is 1. The van der Waals surface area contributed by atoms with E-state index in [4.69, 9.17) is 11.6 Å². The van der Waals surface area contributed by atoms with E-state index >= 15 is 0 Å². The summed E-state index contributed by atoms with van der Waals surface area (Å²) in [5, 5.41) is 0. The molecule has 0 aliphatic heterocycles. The highest BCUT2D eigenvalue weighted by Crippen LogP contribution is 2.57. The van der Waals surface area contributed by atoms with Crippen molar-refractivity contribution in [2.45, 2.75) is 20.3 Å². The summed E-state index contributed by atoms with van der Waals surface area (Å²) in [6.45, 7) is 12.3. The van der Waals surface area contributed by atoms with Crippen molar-refractivity contribution in [3.63, 3.8) is 0 Å².